The van der Waals surface area contributed by atoms with Gasteiger partial charge in [0.05, 0.1) is 6.61 Å². The maximum absolute atomic E-state index is 12.8. The molecule has 150 valence electrons. The Morgan fingerprint density at radius 3 is 2.54 bits per heavy atom. The molecular formula is C22H27NO4S. The number of rotatable bonds is 6. The highest BCUT2D eigenvalue weighted by Crippen LogP contribution is 2.40. The van der Waals surface area contributed by atoms with Crippen LogP contribution in [-0.4, -0.2) is 44.8 Å². The summed E-state index contributed by atoms with van der Waals surface area (Å²) in [4.78, 5) is 2.75. The first-order valence-electron chi connectivity index (χ1n) is 10.0. The number of benzene rings is 2. The van der Waals surface area contributed by atoms with Gasteiger partial charge in [0.25, 0.3) is 0 Å². The minimum Gasteiger partial charge on any atom is -0.494 e. The van der Waals surface area contributed by atoms with Gasteiger partial charge in [-0.15, -0.1) is 0 Å². The minimum absolute atomic E-state index is 0.275. The second kappa shape index (κ2) is 8.13. The Labute approximate surface area is 167 Å². The molecule has 0 spiro atoms. The highest BCUT2D eigenvalue weighted by Gasteiger charge is 2.40. The van der Waals surface area contributed by atoms with E-state index in [4.69, 9.17) is 9.47 Å². The zero-order chi connectivity index (χ0) is 19.6. The van der Waals surface area contributed by atoms with Crippen LogP contribution in [0.25, 0.3) is 0 Å². The molecule has 6 heteroatoms. The molecule has 5 nitrogen and oxygen atoms in total. The number of likely N-dealkylation sites (tertiary alicyclic amines) is 1. The van der Waals surface area contributed by atoms with Gasteiger partial charge >= 0.3 is 0 Å². The van der Waals surface area contributed by atoms with Crippen molar-refractivity contribution in [2.24, 2.45) is 0 Å². The molecule has 2 aliphatic rings. The second-order valence-corrected chi connectivity index (χ2v) is 9.83. The molecule has 2 aromatic rings. The van der Waals surface area contributed by atoms with Gasteiger partial charge in [0.1, 0.15) is 27.7 Å². The summed E-state index contributed by atoms with van der Waals surface area (Å²) in [5.41, 5.74) is 0.843. The first-order chi connectivity index (χ1) is 13.6. The summed E-state index contributed by atoms with van der Waals surface area (Å²) in [5.74, 6) is 1.23. The summed E-state index contributed by atoms with van der Waals surface area (Å²) in [6.45, 7) is 5.90. The van der Waals surface area contributed by atoms with E-state index < -0.39 is 21.2 Å². The Morgan fingerprint density at radius 2 is 1.79 bits per heavy atom. The lowest BCUT2D eigenvalue weighted by Crippen LogP contribution is -2.33. The highest BCUT2D eigenvalue weighted by molar-refractivity contribution is 7.92. The molecule has 4 rings (SSSR count). The van der Waals surface area contributed by atoms with Crippen molar-refractivity contribution in [2.75, 3.05) is 26.2 Å². The lowest BCUT2D eigenvalue weighted by molar-refractivity contribution is 0.188. The summed E-state index contributed by atoms with van der Waals surface area (Å²) in [6.07, 6.45) is 3.11. The largest absolute Gasteiger partial charge is 0.494 e. The number of ether oxygens (including phenoxy) is 2. The van der Waals surface area contributed by atoms with E-state index in [9.17, 15) is 8.42 Å². The van der Waals surface area contributed by atoms with Crippen molar-refractivity contribution >= 4 is 9.84 Å². The van der Waals surface area contributed by atoms with Gasteiger partial charge in [0, 0.05) is 6.54 Å². The fraction of sp³-hybridized carbons (Fsp3) is 0.455. The molecule has 0 unspecified atom stereocenters. The SMILES string of the molecule is C[C@H]1[C@@H](c2ccc(OCCCN3CCCC3)cc2)Oc2ccccc2S1(=O)=O. The van der Waals surface area contributed by atoms with Gasteiger partial charge in [-0.3, -0.25) is 0 Å². The Morgan fingerprint density at radius 1 is 1.07 bits per heavy atom. The molecule has 0 aromatic heterocycles. The van der Waals surface area contributed by atoms with Crippen molar-refractivity contribution in [3.05, 3.63) is 54.1 Å². The van der Waals surface area contributed by atoms with Crippen molar-refractivity contribution in [3.63, 3.8) is 0 Å². The summed E-state index contributed by atoms with van der Waals surface area (Å²) in [5, 5.41) is -0.644. The molecule has 2 atom stereocenters. The predicted molar refractivity (Wildman–Crippen MR) is 109 cm³/mol. The van der Waals surface area contributed by atoms with Gasteiger partial charge in [-0.2, -0.15) is 0 Å². The second-order valence-electron chi connectivity index (χ2n) is 7.56. The number of hydrogen-bond donors (Lipinski definition) is 0. The summed E-state index contributed by atoms with van der Waals surface area (Å²) in [7, 11) is -3.41. The highest BCUT2D eigenvalue weighted by atomic mass is 32.2. The quantitative estimate of drug-likeness (QED) is 0.688. The number of nitrogens with zero attached hydrogens (tertiary/aromatic N) is 1. The number of sulfone groups is 1. The van der Waals surface area contributed by atoms with Crippen molar-refractivity contribution < 1.29 is 17.9 Å². The number of hydrogen-bond acceptors (Lipinski definition) is 5. The molecule has 1 fully saturated rings. The fourth-order valence-electron chi connectivity index (χ4n) is 3.96. The zero-order valence-corrected chi connectivity index (χ0v) is 17.0. The zero-order valence-electron chi connectivity index (χ0n) is 16.2. The summed E-state index contributed by atoms with van der Waals surface area (Å²) in [6, 6.07) is 14.4. The molecule has 0 saturated carbocycles. The van der Waals surface area contributed by atoms with Crippen molar-refractivity contribution in [1.29, 1.82) is 0 Å². The Hall–Kier alpha value is -2.05. The third-order valence-corrected chi connectivity index (χ3v) is 7.80. The van der Waals surface area contributed by atoms with E-state index in [0.717, 1.165) is 24.3 Å². The lowest BCUT2D eigenvalue weighted by atomic mass is 10.1. The monoisotopic (exact) mass is 401 g/mol. The lowest BCUT2D eigenvalue weighted by Gasteiger charge is -2.31. The smallest absolute Gasteiger partial charge is 0.188 e. The first-order valence-corrected chi connectivity index (χ1v) is 11.5. The molecule has 0 N–H and O–H groups in total. The van der Waals surface area contributed by atoms with E-state index >= 15 is 0 Å². The topological polar surface area (TPSA) is 55.8 Å². The molecule has 2 aliphatic heterocycles. The Kier molecular flexibility index (Phi) is 5.60. The van der Waals surface area contributed by atoms with Crippen LogP contribution < -0.4 is 9.47 Å². The van der Waals surface area contributed by atoms with E-state index in [1.165, 1.54) is 25.9 Å². The van der Waals surface area contributed by atoms with E-state index in [2.05, 4.69) is 4.90 Å². The van der Waals surface area contributed by atoms with Crippen molar-refractivity contribution in [2.45, 2.75) is 42.4 Å². The minimum atomic E-state index is -3.41. The molecule has 1 saturated heterocycles. The average Bonchev–Trinajstić information content (AvgIpc) is 3.22. The van der Waals surface area contributed by atoms with Crippen LogP contribution in [-0.2, 0) is 9.84 Å². The van der Waals surface area contributed by atoms with Crippen LogP contribution in [0.15, 0.2) is 53.4 Å². The summed E-state index contributed by atoms with van der Waals surface area (Å²) >= 11 is 0. The van der Waals surface area contributed by atoms with Gasteiger partial charge < -0.3 is 14.4 Å². The van der Waals surface area contributed by atoms with Crippen LogP contribution in [0.1, 0.15) is 37.9 Å². The van der Waals surface area contributed by atoms with Crippen molar-refractivity contribution in [1.82, 2.24) is 4.90 Å². The van der Waals surface area contributed by atoms with Crippen LogP contribution >= 0.6 is 0 Å². The van der Waals surface area contributed by atoms with Crippen LogP contribution in [0.5, 0.6) is 11.5 Å². The molecule has 28 heavy (non-hydrogen) atoms. The van der Waals surface area contributed by atoms with Crippen molar-refractivity contribution in [3.8, 4) is 11.5 Å². The van der Waals surface area contributed by atoms with E-state index in [-0.39, 0.29) is 4.90 Å². The molecule has 2 heterocycles. The summed E-state index contributed by atoms with van der Waals surface area (Å²) < 4.78 is 37.5. The molecule has 2 aromatic carbocycles. The maximum Gasteiger partial charge on any atom is 0.188 e. The maximum atomic E-state index is 12.8. The van der Waals surface area contributed by atoms with Gasteiger partial charge in [-0.1, -0.05) is 24.3 Å². The van der Waals surface area contributed by atoms with Gasteiger partial charge in [-0.05, 0) is 69.1 Å². The third-order valence-electron chi connectivity index (χ3n) is 5.62. The molecule has 0 aliphatic carbocycles. The van der Waals surface area contributed by atoms with Crippen LogP contribution in [0.4, 0.5) is 0 Å². The van der Waals surface area contributed by atoms with Gasteiger partial charge in [0.2, 0.25) is 0 Å². The van der Waals surface area contributed by atoms with Crippen LogP contribution in [0.3, 0.4) is 0 Å². The molecule has 0 bridgehead atoms. The van der Waals surface area contributed by atoms with E-state index in [1.807, 2.05) is 24.3 Å². The molecular weight excluding hydrogens is 374 g/mol. The number of para-hydroxylation sites is 1. The standard InChI is InChI=1S/C22H27NO4S/c1-17-22(27-20-7-2-3-8-21(20)28(17,24)25)18-9-11-19(12-10-18)26-16-6-15-23-13-4-5-14-23/h2-3,7-12,17,22H,4-6,13-16H2,1H3/t17-,22-/m0/s1. The van der Waals surface area contributed by atoms with Crippen LogP contribution in [0.2, 0.25) is 0 Å². The molecule has 0 amide bonds. The Balaban J connectivity index is 1.39. The van der Waals surface area contributed by atoms with Gasteiger partial charge in [-0.25, -0.2) is 8.42 Å². The Bertz CT molecular complexity index is 904. The normalized spacial score (nSPS) is 23.8. The third kappa shape index (κ3) is 3.89. The average molecular weight is 402 g/mol. The fourth-order valence-corrected chi connectivity index (χ4v) is 5.56. The number of fused-ring (bicyclic) bond motifs is 1. The predicted octanol–water partition coefficient (Wildman–Crippen LogP) is 3.85. The molecule has 0 radical (unpaired) electrons. The van der Waals surface area contributed by atoms with E-state index in [0.29, 0.717) is 12.4 Å². The van der Waals surface area contributed by atoms with E-state index in [1.54, 1.807) is 31.2 Å². The van der Waals surface area contributed by atoms with Crippen LogP contribution in [0, 0.1) is 0 Å². The van der Waals surface area contributed by atoms with Gasteiger partial charge in [0.15, 0.2) is 9.84 Å². The first kappa shape index (κ1) is 19.3.